The number of carbonyl (C=O) groups excluding carboxylic acids is 1. The van der Waals surface area contributed by atoms with Crippen LogP contribution in [0.5, 0.6) is 0 Å². The number of hydrogen-bond acceptors (Lipinski definition) is 4. The maximum Gasteiger partial charge on any atom is 0.241 e. The molecule has 20 heavy (non-hydrogen) atoms. The molecule has 0 aromatic heterocycles. The van der Waals surface area contributed by atoms with E-state index < -0.39 is 9.84 Å². The number of nitrogens with zero attached hydrogens (tertiary/aromatic N) is 1. The minimum Gasteiger partial charge on any atom is -0.375 e. The van der Waals surface area contributed by atoms with E-state index in [1.807, 2.05) is 24.3 Å². The van der Waals surface area contributed by atoms with E-state index in [4.69, 9.17) is 0 Å². The fourth-order valence-electron chi connectivity index (χ4n) is 2.18. The number of para-hydroxylation sites is 1. The van der Waals surface area contributed by atoms with Gasteiger partial charge in [0.25, 0.3) is 0 Å². The average Bonchev–Trinajstić information content (AvgIpc) is 2.77. The van der Waals surface area contributed by atoms with Crippen molar-refractivity contribution in [2.24, 2.45) is 0 Å². The Bertz CT molecular complexity index is 603. The van der Waals surface area contributed by atoms with Gasteiger partial charge >= 0.3 is 0 Å². The first-order valence-corrected chi connectivity index (χ1v) is 8.95. The molecule has 0 aliphatic carbocycles. The van der Waals surface area contributed by atoms with Crippen LogP contribution in [0, 0.1) is 0 Å². The lowest BCUT2D eigenvalue weighted by Gasteiger charge is -2.23. The van der Waals surface area contributed by atoms with Crippen molar-refractivity contribution in [2.75, 3.05) is 30.4 Å². The topological polar surface area (TPSA) is 66.5 Å². The summed E-state index contributed by atoms with van der Waals surface area (Å²) in [6, 6.07) is 7.34. The zero-order valence-corrected chi connectivity index (χ0v) is 13.6. The van der Waals surface area contributed by atoms with Crippen LogP contribution in [-0.2, 0) is 14.6 Å². The fraction of sp³-hybridized carbons (Fsp3) is 0.462. The van der Waals surface area contributed by atoms with E-state index in [0.717, 1.165) is 10.2 Å². The SMILES string of the molecule is CN(C(=O)CNc1ccccc1Br)C1CCS(=O)(=O)C1. The highest BCUT2D eigenvalue weighted by atomic mass is 79.9. The highest BCUT2D eigenvalue weighted by molar-refractivity contribution is 9.10. The van der Waals surface area contributed by atoms with Crippen molar-refractivity contribution in [3.05, 3.63) is 28.7 Å². The zero-order chi connectivity index (χ0) is 14.8. The van der Waals surface area contributed by atoms with Crippen molar-refractivity contribution >= 4 is 37.4 Å². The molecule has 2 rings (SSSR count). The van der Waals surface area contributed by atoms with Gasteiger partial charge in [-0.2, -0.15) is 0 Å². The standard InChI is InChI=1S/C13H17BrN2O3S/c1-16(10-6-7-20(18,19)9-10)13(17)8-15-12-5-3-2-4-11(12)14/h2-5,10,15H,6-9H2,1H3. The minimum atomic E-state index is -2.97. The second-order valence-electron chi connectivity index (χ2n) is 4.89. The molecule has 7 heteroatoms. The molecule has 1 aliphatic rings. The number of benzene rings is 1. The van der Waals surface area contributed by atoms with Crippen molar-refractivity contribution in [3.8, 4) is 0 Å². The normalized spacial score (nSPS) is 20.6. The Kier molecular flexibility index (Phi) is 4.70. The van der Waals surface area contributed by atoms with Gasteiger partial charge < -0.3 is 10.2 Å². The number of sulfone groups is 1. The summed E-state index contributed by atoms with van der Waals surface area (Å²) in [5.74, 6) is 0.139. The maximum absolute atomic E-state index is 12.1. The molecule has 1 fully saturated rings. The summed E-state index contributed by atoms with van der Waals surface area (Å²) < 4.78 is 23.8. The third-order valence-electron chi connectivity index (χ3n) is 3.45. The summed E-state index contributed by atoms with van der Waals surface area (Å²) in [4.78, 5) is 13.6. The third kappa shape index (κ3) is 3.73. The first-order valence-electron chi connectivity index (χ1n) is 6.33. The molecular weight excluding hydrogens is 344 g/mol. The van der Waals surface area contributed by atoms with Gasteiger partial charge in [-0.15, -0.1) is 0 Å². The monoisotopic (exact) mass is 360 g/mol. The fourth-order valence-corrected chi connectivity index (χ4v) is 4.38. The van der Waals surface area contributed by atoms with Crippen LogP contribution < -0.4 is 5.32 Å². The number of halogens is 1. The van der Waals surface area contributed by atoms with Crippen LogP contribution in [0.1, 0.15) is 6.42 Å². The van der Waals surface area contributed by atoms with E-state index in [2.05, 4.69) is 21.2 Å². The molecule has 1 aliphatic heterocycles. The lowest BCUT2D eigenvalue weighted by Crippen LogP contribution is -2.40. The lowest BCUT2D eigenvalue weighted by molar-refractivity contribution is -0.129. The van der Waals surface area contributed by atoms with Crippen LogP contribution in [0.4, 0.5) is 5.69 Å². The van der Waals surface area contributed by atoms with Crippen LogP contribution in [0.25, 0.3) is 0 Å². The molecule has 0 saturated carbocycles. The van der Waals surface area contributed by atoms with Crippen molar-refractivity contribution in [1.82, 2.24) is 4.90 Å². The van der Waals surface area contributed by atoms with Crippen LogP contribution in [0.15, 0.2) is 28.7 Å². The second-order valence-corrected chi connectivity index (χ2v) is 7.98. The molecule has 110 valence electrons. The summed E-state index contributed by atoms with van der Waals surface area (Å²) in [7, 11) is -1.31. The van der Waals surface area contributed by atoms with Gasteiger partial charge in [-0.3, -0.25) is 4.79 Å². The molecule has 1 unspecified atom stereocenters. The van der Waals surface area contributed by atoms with Gasteiger partial charge in [0, 0.05) is 23.2 Å². The lowest BCUT2D eigenvalue weighted by atomic mass is 10.2. The Labute approximate surface area is 127 Å². The number of rotatable bonds is 4. The first kappa shape index (κ1) is 15.3. The number of hydrogen-bond donors (Lipinski definition) is 1. The van der Waals surface area contributed by atoms with Gasteiger partial charge in [0.05, 0.1) is 18.1 Å². The molecule has 1 saturated heterocycles. The average molecular weight is 361 g/mol. The summed E-state index contributed by atoms with van der Waals surface area (Å²) in [5, 5.41) is 3.05. The summed E-state index contributed by atoms with van der Waals surface area (Å²) >= 11 is 3.40. The summed E-state index contributed by atoms with van der Waals surface area (Å²) in [6.45, 7) is 0.148. The number of nitrogens with one attached hydrogen (secondary N) is 1. The summed E-state index contributed by atoms with van der Waals surface area (Å²) in [5.41, 5.74) is 0.841. The van der Waals surface area contributed by atoms with E-state index >= 15 is 0 Å². The van der Waals surface area contributed by atoms with Crippen molar-refractivity contribution in [3.63, 3.8) is 0 Å². The molecule has 1 atom stereocenters. The van der Waals surface area contributed by atoms with E-state index in [-0.39, 0.29) is 30.0 Å². The van der Waals surface area contributed by atoms with Crippen molar-refractivity contribution < 1.29 is 13.2 Å². The molecule has 0 radical (unpaired) electrons. The molecular formula is C13H17BrN2O3S. The van der Waals surface area contributed by atoms with E-state index in [9.17, 15) is 13.2 Å². The van der Waals surface area contributed by atoms with E-state index in [0.29, 0.717) is 6.42 Å². The molecule has 0 spiro atoms. The van der Waals surface area contributed by atoms with Crippen LogP contribution in [-0.4, -0.2) is 50.4 Å². The number of amides is 1. The van der Waals surface area contributed by atoms with Gasteiger partial charge in [-0.05, 0) is 34.5 Å². The van der Waals surface area contributed by atoms with Gasteiger partial charge in [-0.1, -0.05) is 12.1 Å². The molecule has 1 aromatic carbocycles. The molecule has 1 heterocycles. The smallest absolute Gasteiger partial charge is 0.241 e. The number of likely N-dealkylation sites (N-methyl/N-ethyl adjacent to an activating group) is 1. The largest absolute Gasteiger partial charge is 0.375 e. The van der Waals surface area contributed by atoms with Gasteiger partial charge in [0.2, 0.25) is 5.91 Å². The van der Waals surface area contributed by atoms with Gasteiger partial charge in [-0.25, -0.2) is 8.42 Å². The molecule has 1 aromatic rings. The van der Waals surface area contributed by atoms with Crippen molar-refractivity contribution in [2.45, 2.75) is 12.5 Å². The van der Waals surface area contributed by atoms with E-state index in [1.165, 1.54) is 4.90 Å². The molecule has 5 nitrogen and oxygen atoms in total. The van der Waals surface area contributed by atoms with Gasteiger partial charge in [0.1, 0.15) is 0 Å². The second kappa shape index (κ2) is 6.13. The van der Waals surface area contributed by atoms with Crippen LogP contribution in [0.3, 0.4) is 0 Å². The Morgan fingerprint density at radius 1 is 1.45 bits per heavy atom. The quantitative estimate of drug-likeness (QED) is 0.883. The Morgan fingerprint density at radius 3 is 2.75 bits per heavy atom. The van der Waals surface area contributed by atoms with Crippen LogP contribution in [0.2, 0.25) is 0 Å². The highest BCUT2D eigenvalue weighted by Crippen LogP contribution is 2.21. The van der Waals surface area contributed by atoms with Gasteiger partial charge in [0.15, 0.2) is 9.84 Å². The van der Waals surface area contributed by atoms with Crippen LogP contribution >= 0.6 is 15.9 Å². The zero-order valence-electron chi connectivity index (χ0n) is 11.2. The Morgan fingerprint density at radius 2 is 2.15 bits per heavy atom. The predicted octanol–water partition coefficient (Wildman–Crippen LogP) is 1.51. The molecule has 0 bridgehead atoms. The Hall–Kier alpha value is -1.08. The highest BCUT2D eigenvalue weighted by Gasteiger charge is 2.32. The Balaban J connectivity index is 1.91. The molecule has 1 N–H and O–H groups in total. The molecule has 1 amide bonds. The maximum atomic E-state index is 12.1. The summed E-state index contributed by atoms with van der Waals surface area (Å²) in [6.07, 6.45) is 0.527. The first-order chi connectivity index (χ1) is 9.39. The predicted molar refractivity (Wildman–Crippen MR) is 82.5 cm³/mol. The third-order valence-corrected chi connectivity index (χ3v) is 5.90. The van der Waals surface area contributed by atoms with Crippen molar-refractivity contribution in [1.29, 1.82) is 0 Å². The number of carbonyl (C=O) groups is 1. The minimum absolute atomic E-state index is 0.0737. The number of anilines is 1. The van der Waals surface area contributed by atoms with E-state index in [1.54, 1.807) is 7.05 Å².